The van der Waals surface area contributed by atoms with Crippen molar-refractivity contribution in [2.24, 2.45) is 0 Å². The molecule has 5 heteroatoms. The summed E-state index contributed by atoms with van der Waals surface area (Å²) in [5.74, 6) is -0.212. The van der Waals surface area contributed by atoms with Crippen LogP contribution in [0.2, 0.25) is 0 Å². The molecular weight excluding hydrogens is 276 g/mol. The monoisotopic (exact) mass is 294 g/mol. The van der Waals surface area contributed by atoms with Crippen LogP contribution in [0.1, 0.15) is 55.8 Å². The number of hydrogen-bond donors (Lipinski definition) is 0. The fourth-order valence-electron chi connectivity index (χ4n) is 1.66. The van der Waals surface area contributed by atoms with E-state index in [2.05, 4.69) is 0 Å². The van der Waals surface area contributed by atoms with E-state index in [0.29, 0.717) is 5.56 Å². The maximum atomic E-state index is 11.7. The zero-order chi connectivity index (χ0) is 15.0. The fourth-order valence-corrected chi connectivity index (χ4v) is 2.33. The molecule has 0 amide bonds. The van der Waals surface area contributed by atoms with Crippen LogP contribution >= 0.6 is 11.3 Å². The molecule has 0 fully saturated rings. The van der Waals surface area contributed by atoms with E-state index >= 15 is 0 Å². The largest absolute Gasteiger partial charge is 0.300 e. The molecule has 1 aromatic heterocycles. The quantitative estimate of drug-likeness (QED) is 0.622. The van der Waals surface area contributed by atoms with Crippen molar-refractivity contribution in [3.05, 3.63) is 22.4 Å². The minimum Gasteiger partial charge on any atom is -0.300 e. The van der Waals surface area contributed by atoms with Crippen LogP contribution in [0, 0.1) is 0 Å². The number of ketones is 4. The van der Waals surface area contributed by atoms with E-state index in [1.807, 2.05) is 5.38 Å². The molecule has 0 saturated carbocycles. The molecule has 0 aliphatic rings. The summed E-state index contributed by atoms with van der Waals surface area (Å²) in [6.07, 6.45) is 1.14. The molecule has 0 atom stereocenters. The Balaban J connectivity index is 2.19. The van der Waals surface area contributed by atoms with Crippen LogP contribution in [-0.2, 0) is 14.4 Å². The minimum atomic E-state index is -0.0789. The summed E-state index contributed by atoms with van der Waals surface area (Å²) in [6, 6.07) is 1.74. The normalized spacial score (nSPS) is 10.2. The molecule has 20 heavy (non-hydrogen) atoms. The smallest absolute Gasteiger partial charge is 0.164 e. The highest BCUT2D eigenvalue weighted by atomic mass is 32.1. The third kappa shape index (κ3) is 6.52. The Morgan fingerprint density at radius 2 is 1.45 bits per heavy atom. The van der Waals surface area contributed by atoms with Crippen LogP contribution < -0.4 is 0 Å². The first kappa shape index (κ1) is 16.4. The minimum absolute atomic E-state index is 0.0222. The lowest BCUT2D eigenvalue weighted by Gasteiger charge is -2.00. The molecular formula is C15H18O4S. The van der Waals surface area contributed by atoms with Gasteiger partial charge in [-0.3, -0.25) is 14.4 Å². The number of rotatable bonds is 10. The zero-order valence-corrected chi connectivity index (χ0v) is 12.3. The molecule has 1 heterocycles. The Labute approximate surface area is 122 Å². The first-order valence-corrected chi connectivity index (χ1v) is 7.51. The molecule has 1 aromatic rings. The second-order valence-electron chi connectivity index (χ2n) is 4.71. The van der Waals surface area contributed by atoms with E-state index in [4.69, 9.17) is 0 Å². The highest BCUT2D eigenvalue weighted by Crippen LogP contribution is 2.11. The third-order valence-corrected chi connectivity index (χ3v) is 3.60. The standard InChI is InChI=1S/C15H18O4S/c1-11(16)2-3-13(17)4-5-14(18)6-7-15(19)12-8-9-20-10-12/h8-10H,2-7H2,1H3. The van der Waals surface area contributed by atoms with Gasteiger partial charge in [0.1, 0.15) is 17.3 Å². The number of hydrogen-bond acceptors (Lipinski definition) is 5. The summed E-state index contributed by atoms with van der Waals surface area (Å²) in [5, 5.41) is 3.58. The molecule has 108 valence electrons. The number of carbonyl (C=O) groups excluding carboxylic acids is 4. The first-order valence-electron chi connectivity index (χ1n) is 6.57. The van der Waals surface area contributed by atoms with Gasteiger partial charge in [0.2, 0.25) is 0 Å². The van der Waals surface area contributed by atoms with E-state index in [-0.39, 0.29) is 61.7 Å². The molecule has 0 aliphatic heterocycles. The molecule has 0 bridgehead atoms. The van der Waals surface area contributed by atoms with E-state index < -0.39 is 0 Å². The van der Waals surface area contributed by atoms with Gasteiger partial charge in [0, 0.05) is 49.5 Å². The topological polar surface area (TPSA) is 68.3 Å². The molecule has 4 nitrogen and oxygen atoms in total. The van der Waals surface area contributed by atoms with E-state index in [9.17, 15) is 19.2 Å². The van der Waals surface area contributed by atoms with Gasteiger partial charge in [-0.1, -0.05) is 0 Å². The molecule has 0 aromatic carbocycles. The predicted octanol–water partition coefficient (Wildman–Crippen LogP) is 3.00. The summed E-state index contributed by atoms with van der Waals surface area (Å²) < 4.78 is 0. The van der Waals surface area contributed by atoms with Crippen LogP contribution in [0.25, 0.3) is 0 Å². The zero-order valence-electron chi connectivity index (χ0n) is 11.5. The maximum Gasteiger partial charge on any atom is 0.164 e. The van der Waals surface area contributed by atoms with Gasteiger partial charge in [-0.2, -0.15) is 11.3 Å². The molecule has 0 spiro atoms. The van der Waals surface area contributed by atoms with Crippen LogP contribution in [0.15, 0.2) is 16.8 Å². The Bertz CT molecular complexity index is 488. The van der Waals surface area contributed by atoms with Crippen molar-refractivity contribution in [2.75, 3.05) is 0 Å². The lowest BCUT2D eigenvalue weighted by molar-refractivity contribution is -0.125. The van der Waals surface area contributed by atoms with Crippen molar-refractivity contribution in [3.8, 4) is 0 Å². The molecule has 1 rings (SSSR count). The summed E-state index contributed by atoms with van der Waals surface area (Å²) >= 11 is 1.45. The van der Waals surface area contributed by atoms with Crippen molar-refractivity contribution in [1.29, 1.82) is 0 Å². The van der Waals surface area contributed by atoms with Gasteiger partial charge in [-0.25, -0.2) is 0 Å². The van der Waals surface area contributed by atoms with E-state index in [1.54, 1.807) is 11.4 Å². The Kier molecular flexibility index (Phi) is 7.01. The lowest BCUT2D eigenvalue weighted by atomic mass is 10.0. The first-order chi connectivity index (χ1) is 9.49. The molecule has 0 saturated heterocycles. The Morgan fingerprint density at radius 1 is 0.900 bits per heavy atom. The van der Waals surface area contributed by atoms with Crippen LogP contribution in [0.3, 0.4) is 0 Å². The Hall–Kier alpha value is -1.62. The number of thiophene rings is 1. The van der Waals surface area contributed by atoms with Crippen LogP contribution in [-0.4, -0.2) is 23.1 Å². The third-order valence-electron chi connectivity index (χ3n) is 2.91. The SMILES string of the molecule is CC(=O)CCC(=O)CCC(=O)CCC(=O)c1ccsc1. The fraction of sp³-hybridized carbons (Fsp3) is 0.467. The second kappa shape index (κ2) is 8.53. The van der Waals surface area contributed by atoms with Gasteiger partial charge in [0.05, 0.1) is 0 Å². The van der Waals surface area contributed by atoms with Crippen LogP contribution in [0.5, 0.6) is 0 Å². The summed E-state index contributed by atoms with van der Waals surface area (Å²) in [7, 11) is 0. The average molecular weight is 294 g/mol. The molecule has 0 N–H and O–H groups in total. The van der Waals surface area contributed by atoms with Gasteiger partial charge in [-0.15, -0.1) is 0 Å². The van der Waals surface area contributed by atoms with Crippen molar-refractivity contribution in [1.82, 2.24) is 0 Å². The van der Waals surface area contributed by atoms with Crippen molar-refractivity contribution >= 4 is 34.5 Å². The van der Waals surface area contributed by atoms with Gasteiger partial charge < -0.3 is 4.79 Å². The predicted molar refractivity (Wildman–Crippen MR) is 77.0 cm³/mol. The maximum absolute atomic E-state index is 11.7. The second-order valence-corrected chi connectivity index (χ2v) is 5.49. The van der Waals surface area contributed by atoms with Crippen molar-refractivity contribution in [3.63, 3.8) is 0 Å². The van der Waals surface area contributed by atoms with E-state index in [0.717, 1.165) is 0 Å². The summed E-state index contributed by atoms with van der Waals surface area (Å²) in [6.45, 7) is 1.44. The highest BCUT2D eigenvalue weighted by molar-refractivity contribution is 7.08. The lowest BCUT2D eigenvalue weighted by Crippen LogP contribution is -2.07. The number of Topliss-reactive ketones (excluding diaryl/α,β-unsaturated/α-hetero) is 4. The molecule has 0 unspecified atom stereocenters. The van der Waals surface area contributed by atoms with Crippen molar-refractivity contribution in [2.45, 2.75) is 45.4 Å². The van der Waals surface area contributed by atoms with Crippen molar-refractivity contribution < 1.29 is 19.2 Å². The highest BCUT2D eigenvalue weighted by Gasteiger charge is 2.11. The molecule has 0 radical (unpaired) electrons. The average Bonchev–Trinajstić information content (AvgIpc) is 2.94. The Morgan fingerprint density at radius 3 is 1.95 bits per heavy atom. The molecule has 0 aliphatic carbocycles. The summed E-state index contributed by atoms with van der Waals surface area (Å²) in [5.41, 5.74) is 0.639. The van der Waals surface area contributed by atoms with Gasteiger partial charge >= 0.3 is 0 Å². The van der Waals surface area contributed by atoms with Gasteiger partial charge in [0.25, 0.3) is 0 Å². The summed E-state index contributed by atoms with van der Waals surface area (Å²) in [4.78, 5) is 45.4. The van der Waals surface area contributed by atoms with Crippen LogP contribution in [0.4, 0.5) is 0 Å². The van der Waals surface area contributed by atoms with Gasteiger partial charge in [0.15, 0.2) is 5.78 Å². The number of carbonyl (C=O) groups is 4. The van der Waals surface area contributed by atoms with Gasteiger partial charge in [-0.05, 0) is 18.4 Å². The van der Waals surface area contributed by atoms with E-state index in [1.165, 1.54) is 18.3 Å².